The topological polar surface area (TPSA) is 42.8 Å². The second-order valence-electron chi connectivity index (χ2n) is 8.98. The van der Waals surface area contributed by atoms with Crippen molar-refractivity contribution in [3.05, 3.63) is 17.5 Å². The predicted molar refractivity (Wildman–Crippen MR) is 106 cm³/mol. The Morgan fingerprint density at radius 3 is 2.78 bits per heavy atom. The van der Waals surface area contributed by atoms with Crippen LogP contribution < -0.4 is 0 Å². The number of piperidine rings is 1. The molecule has 6 heteroatoms. The van der Waals surface area contributed by atoms with E-state index in [1.165, 1.54) is 37.8 Å². The van der Waals surface area contributed by atoms with Crippen molar-refractivity contribution in [1.29, 1.82) is 0 Å². The molecule has 0 spiro atoms. The highest BCUT2D eigenvalue weighted by Gasteiger charge is 2.47. The van der Waals surface area contributed by atoms with Crippen molar-refractivity contribution in [3.8, 4) is 0 Å². The highest BCUT2D eigenvalue weighted by atomic mass is 16.5. The number of morpholine rings is 1. The van der Waals surface area contributed by atoms with Crippen LogP contribution in [0, 0.1) is 18.3 Å². The Balaban J connectivity index is 1.43. The molecule has 0 unspecified atom stereocenters. The second-order valence-corrected chi connectivity index (χ2v) is 8.98. The average Bonchev–Trinajstić information content (AvgIpc) is 2.99. The first-order chi connectivity index (χ1) is 13.1. The third-order valence-corrected chi connectivity index (χ3v) is 7.23. The van der Waals surface area contributed by atoms with Crippen molar-refractivity contribution in [2.75, 3.05) is 53.1 Å². The van der Waals surface area contributed by atoms with Crippen LogP contribution in [0.15, 0.2) is 6.20 Å². The van der Waals surface area contributed by atoms with Crippen LogP contribution in [0.4, 0.5) is 0 Å². The lowest BCUT2D eigenvalue weighted by atomic mass is 9.61. The molecule has 152 valence electrons. The first-order valence-electron chi connectivity index (χ1n) is 10.6. The van der Waals surface area contributed by atoms with Crippen LogP contribution in [0.25, 0.3) is 0 Å². The van der Waals surface area contributed by atoms with Crippen molar-refractivity contribution in [2.45, 2.75) is 45.2 Å². The zero-order valence-electron chi connectivity index (χ0n) is 17.3. The van der Waals surface area contributed by atoms with Gasteiger partial charge < -0.3 is 9.47 Å². The molecule has 4 rings (SSSR count). The Hall–Kier alpha value is -0.950. The predicted octanol–water partition coefficient (Wildman–Crippen LogP) is 2.07. The van der Waals surface area contributed by atoms with E-state index in [0.717, 1.165) is 63.7 Å². The van der Waals surface area contributed by atoms with Crippen molar-refractivity contribution >= 4 is 0 Å². The maximum atomic E-state index is 5.77. The molecule has 1 aromatic rings. The van der Waals surface area contributed by atoms with Gasteiger partial charge in [0, 0.05) is 63.6 Å². The third kappa shape index (κ3) is 4.09. The van der Waals surface area contributed by atoms with Gasteiger partial charge >= 0.3 is 0 Å². The second kappa shape index (κ2) is 8.19. The van der Waals surface area contributed by atoms with Crippen molar-refractivity contribution in [3.63, 3.8) is 0 Å². The molecule has 6 nitrogen and oxygen atoms in total. The minimum absolute atomic E-state index is 0.325. The Bertz CT molecular complexity index is 628. The minimum Gasteiger partial charge on any atom is -0.384 e. The molecule has 2 aliphatic heterocycles. The molecule has 3 aliphatic rings. The van der Waals surface area contributed by atoms with Gasteiger partial charge in [0.15, 0.2) is 0 Å². The fourth-order valence-electron chi connectivity index (χ4n) is 5.83. The molecular weight excluding hydrogens is 340 g/mol. The van der Waals surface area contributed by atoms with Gasteiger partial charge in [0.25, 0.3) is 0 Å². The molecule has 1 aromatic heterocycles. The Kier molecular flexibility index (Phi) is 5.88. The maximum Gasteiger partial charge on any atom is 0.0638 e. The van der Waals surface area contributed by atoms with Gasteiger partial charge in [-0.2, -0.15) is 5.10 Å². The van der Waals surface area contributed by atoms with Gasteiger partial charge in [-0.1, -0.05) is 0 Å². The fraction of sp³-hybridized carbons (Fsp3) is 0.857. The molecule has 3 heterocycles. The van der Waals surface area contributed by atoms with E-state index in [2.05, 4.69) is 28.0 Å². The smallest absolute Gasteiger partial charge is 0.0638 e. The van der Waals surface area contributed by atoms with Gasteiger partial charge in [-0.25, -0.2) is 0 Å². The molecule has 0 radical (unpaired) electrons. The Morgan fingerprint density at radius 1 is 1.26 bits per heavy atom. The van der Waals surface area contributed by atoms with Crippen LogP contribution in [0.3, 0.4) is 0 Å². The van der Waals surface area contributed by atoms with E-state index < -0.39 is 0 Å². The number of hydrogen-bond donors (Lipinski definition) is 0. The van der Waals surface area contributed by atoms with Crippen LogP contribution in [0.5, 0.6) is 0 Å². The van der Waals surface area contributed by atoms with Gasteiger partial charge in [-0.3, -0.25) is 14.5 Å². The monoisotopic (exact) mass is 376 g/mol. The van der Waals surface area contributed by atoms with Gasteiger partial charge in [0.1, 0.15) is 0 Å². The summed E-state index contributed by atoms with van der Waals surface area (Å²) < 4.78 is 13.3. The fourth-order valence-corrected chi connectivity index (χ4v) is 5.83. The molecule has 1 aliphatic carbocycles. The molecular formula is C21H36N4O2. The maximum absolute atomic E-state index is 5.77. The van der Waals surface area contributed by atoms with E-state index in [9.17, 15) is 0 Å². The van der Waals surface area contributed by atoms with Crippen LogP contribution in [-0.4, -0.2) is 78.7 Å². The van der Waals surface area contributed by atoms with E-state index in [-0.39, 0.29) is 0 Å². The summed E-state index contributed by atoms with van der Waals surface area (Å²) in [5, 5.41) is 4.52. The summed E-state index contributed by atoms with van der Waals surface area (Å²) in [6.07, 6.45) is 7.40. The van der Waals surface area contributed by atoms with Crippen LogP contribution >= 0.6 is 0 Å². The van der Waals surface area contributed by atoms with E-state index in [0.29, 0.717) is 5.41 Å². The Morgan fingerprint density at radius 2 is 2.07 bits per heavy atom. The molecule has 2 saturated heterocycles. The number of ether oxygens (including phenoxy) is 2. The van der Waals surface area contributed by atoms with Crippen molar-refractivity contribution in [1.82, 2.24) is 19.6 Å². The van der Waals surface area contributed by atoms with Crippen LogP contribution in [0.2, 0.25) is 0 Å². The number of likely N-dealkylation sites (tertiary alicyclic amines) is 1. The number of rotatable bonds is 5. The van der Waals surface area contributed by atoms with Crippen molar-refractivity contribution in [2.24, 2.45) is 18.4 Å². The number of nitrogens with zero attached hydrogens (tertiary/aromatic N) is 4. The van der Waals surface area contributed by atoms with Crippen LogP contribution in [0.1, 0.15) is 36.9 Å². The highest BCUT2D eigenvalue weighted by Crippen LogP contribution is 2.48. The first kappa shape index (κ1) is 19.4. The van der Waals surface area contributed by atoms with Crippen molar-refractivity contribution < 1.29 is 9.47 Å². The zero-order chi connectivity index (χ0) is 18.9. The zero-order valence-corrected chi connectivity index (χ0v) is 17.3. The number of aryl methyl sites for hydroxylation is 2. The van der Waals surface area contributed by atoms with E-state index in [4.69, 9.17) is 9.47 Å². The lowest BCUT2D eigenvalue weighted by molar-refractivity contribution is -0.0871. The number of aromatic nitrogens is 2. The SMILES string of the molecule is COC[C@]12CC[C@H](N3CCOCC3)C[C@@H]1CCN(Cc1cn(C)nc1C)C2. The largest absolute Gasteiger partial charge is 0.384 e. The highest BCUT2D eigenvalue weighted by molar-refractivity contribution is 5.15. The third-order valence-electron chi connectivity index (χ3n) is 7.23. The summed E-state index contributed by atoms with van der Waals surface area (Å²) in [6, 6.07) is 0.746. The standard InChI is InChI=1S/C21H36N4O2/c1-17-18(13-23(2)22-17)14-24-7-5-19-12-20(25-8-10-27-11-9-25)4-6-21(19,15-24)16-26-3/h13,19-20H,4-12,14-16H2,1-3H3/t19-,20-,21+/m0/s1. The van der Waals surface area contributed by atoms with E-state index in [1.54, 1.807) is 0 Å². The van der Waals surface area contributed by atoms with E-state index in [1.807, 2.05) is 18.8 Å². The molecule has 0 bridgehead atoms. The van der Waals surface area contributed by atoms with E-state index >= 15 is 0 Å². The lowest BCUT2D eigenvalue weighted by Crippen LogP contribution is -2.56. The Labute approximate surface area is 163 Å². The van der Waals surface area contributed by atoms with Gasteiger partial charge in [-0.15, -0.1) is 0 Å². The summed E-state index contributed by atoms with van der Waals surface area (Å²) >= 11 is 0. The summed E-state index contributed by atoms with van der Waals surface area (Å²) in [5.74, 6) is 0.783. The molecule has 3 fully saturated rings. The van der Waals surface area contributed by atoms with Gasteiger partial charge in [0.05, 0.1) is 25.5 Å². The molecule has 27 heavy (non-hydrogen) atoms. The molecule has 1 saturated carbocycles. The average molecular weight is 377 g/mol. The normalized spacial score (nSPS) is 33.1. The summed E-state index contributed by atoms with van der Waals surface area (Å²) in [6.45, 7) is 10.4. The molecule has 0 N–H and O–H groups in total. The number of methoxy groups -OCH3 is 1. The van der Waals surface area contributed by atoms with Gasteiger partial charge in [-0.05, 0) is 45.1 Å². The first-order valence-corrected chi connectivity index (χ1v) is 10.6. The summed E-state index contributed by atoms with van der Waals surface area (Å²) in [4.78, 5) is 5.33. The summed E-state index contributed by atoms with van der Waals surface area (Å²) in [5.41, 5.74) is 2.85. The summed E-state index contributed by atoms with van der Waals surface area (Å²) in [7, 11) is 3.89. The van der Waals surface area contributed by atoms with Gasteiger partial charge in [0.2, 0.25) is 0 Å². The minimum atomic E-state index is 0.325. The lowest BCUT2D eigenvalue weighted by Gasteiger charge is -2.54. The number of fused-ring (bicyclic) bond motifs is 1. The quantitative estimate of drug-likeness (QED) is 0.787. The van der Waals surface area contributed by atoms with Crippen LogP contribution in [-0.2, 0) is 23.1 Å². The molecule has 0 amide bonds. The molecule has 3 atom stereocenters. The number of hydrogen-bond acceptors (Lipinski definition) is 5. The molecule has 0 aromatic carbocycles.